The van der Waals surface area contributed by atoms with Gasteiger partial charge >= 0.3 is 6.03 Å². The summed E-state index contributed by atoms with van der Waals surface area (Å²) in [5.41, 5.74) is 2.25. The maximum absolute atomic E-state index is 13.0. The number of nitrogens with zero attached hydrogens (tertiary/aromatic N) is 3. The molecule has 0 aliphatic heterocycles. The minimum atomic E-state index is -0.445. The van der Waals surface area contributed by atoms with Gasteiger partial charge in [0, 0.05) is 55.0 Å². The number of ketones is 1. The fourth-order valence-corrected chi connectivity index (χ4v) is 3.93. The number of hydrogen-bond donors (Lipinski definition) is 3. The Kier molecular flexibility index (Phi) is 9.13. The quantitative estimate of drug-likeness (QED) is 0.161. The highest BCUT2D eigenvalue weighted by Gasteiger charge is 2.22. The molecule has 0 aliphatic rings. The minimum Gasteiger partial charge on any atom is -0.457 e. The van der Waals surface area contributed by atoms with Crippen LogP contribution in [0.4, 0.5) is 16.3 Å². The van der Waals surface area contributed by atoms with Crippen LogP contribution in [0.2, 0.25) is 0 Å². The molecule has 0 saturated carbocycles. The van der Waals surface area contributed by atoms with Crippen molar-refractivity contribution >= 4 is 29.2 Å². The van der Waals surface area contributed by atoms with Gasteiger partial charge in [0.25, 0.3) is 0 Å². The van der Waals surface area contributed by atoms with Crippen molar-refractivity contribution in [3.05, 3.63) is 90.4 Å². The summed E-state index contributed by atoms with van der Waals surface area (Å²) in [6.07, 6.45) is 4.14. The van der Waals surface area contributed by atoms with Crippen molar-refractivity contribution in [1.29, 1.82) is 0 Å². The maximum atomic E-state index is 13.0. The molecule has 0 unspecified atom stereocenters. The van der Waals surface area contributed by atoms with Crippen molar-refractivity contribution in [2.45, 2.75) is 46.0 Å². The number of carbonyl (C=O) groups excluding carboxylic acids is 3. The number of amides is 3. The number of urea groups is 1. The molecular weight excluding hydrogens is 520 g/mol. The smallest absolute Gasteiger partial charge is 0.324 e. The van der Waals surface area contributed by atoms with Gasteiger partial charge in [0.05, 0.1) is 11.4 Å². The summed E-state index contributed by atoms with van der Waals surface area (Å²) < 4.78 is 7.40. The van der Waals surface area contributed by atoms with Gasteiger partial charge in [-0.05, 0) is 55.0 Å². The first-order valence-corrected chi connectivity index (χ1v) is 13.3. The van der Waals surface area contributed by atoms with Gasteiger partial charge in [0.1, 0.15) is 17.3 Å². The summed E-state index contributed by atoms with van der Waals surface area (Å²) in [5.74, 6) is 1.59. The topological polar surface area (TPSA) is 127 Å². The predicted molar refractivity (Wildman–Crippen MR) is 158 cm³/mol. The van der Waals surface area contributed by atoms with Crippen LogP contribution >= 0.6 is 0 Å². The normalized spacial score (nSPS) is 11.0. The summed E-state index contributed by atoms with van der Waals surface area (Å²) in [7, 11) is 0. The zero-order chi connectivity index (χ0) is 29.4. The molecule has 0 atom stereocenters. The standard InChI is InChI=1S/C31H34N6O4/c1-21(38)33-16-6-9-27(39)22-7-5-8-24(19-22)37-29(20-28(36-37)31(2,3)4)35-30(40)34-23-10-12-25(13-11-23)41-26-14-17-32-18-15-26/h5,7-8,10-15,17-20H,6,9,16H2,1-4H3,(H,33,38)(H2,34,35,40). The van der Waals surface area contributed by atoms with Crippen LogP contribution in [0.5, 0.6) is 11.5 Å². The number of hydrogen-bond acceptors (Lipinski definition) is 6. The van der Waals surface area contributed by atoms with Gasteiger partial charge in [0.2, 0.25) is 5.91 Å². The summed E-state index contributed by atoms with van der Waals surface area (Å²) in [6.45, 7) is 8.00. The van der Waals surface area contributed by atoms with E-state index in [1.807, 2.05) is 32.9 Å². The zero-order valence-corrected chi connectivity index (χ0v) is 23.6. The molecule has 212 valence electrons. The van der Waals surface area contributed by atoms with Gasteiger partial charge < -0.3 is 15.4 Å². The Labute approximate surface area is 239 Å². The Morgan fingerprint density at radius 2 is 1.61 bits per heavy atom. The largest absolute Gasteiger partial charge is 0.457 e. The molecule has 10 nitrogen and oxygen atoms in total. The molecule has 0 bridgehead atoms. The first-order valence-electron chi connectivity index (χ1n) is 13.3. The minimum absolute atomic E-state index is 0.0380. The van der Waals surface area contributed by atoms with E-state index in [4.69, 9.17) is 9.84 Å². The zero-order valence-electron chi connectivity index (χ0n) is 23.6. The molecule has 0 spiro atoms. The van der Waals surface area contributed by atoms with Gasteiger partial charge in [-0.15, -0.1) is 0 Å². The Bertz CT molecular complexity index is 1510. The van der Waals surface area contributed by atoms with Crippen LogP contribution in [0.15, 0.2) is 79.1 Å². The van der Waals surface area contributed by atoms with Crippen molar-refractivity contribution < 1.29 is 19.1 Å². The lowest BCUT2D eigenvalue weighted by Gasteiger charge is -2.14. The van der Waals surface area contributed by atoms with Crippen LogP contribution in [0.3, 0.4) is 0 Å². The van der Waals surface area contributed by atoms with Gasteiger partial charge in [-0.2, -0.15) is 5.10 Å². The molecule has 3 N–H and O–H groups in total. The van der Waals surface area contributed by atoms with Crippen molar-refractivity contribution in [3.8, 4) is 17.2 Å². The summed E-state index contributed by atoms with van der Waals surface area (Å²) >= 11 is 0. The fourth-order valence-electron chi connectivity index (χ4n) is 3.93. The summed E-state index contributed by atoms with van der Waals surface area (Å²) in [6, 6.07) is 19.0. The number of pyridine rings is 1. The van der Waals surface area contributed by atoms with Crippen LogP contribution in [-0.2, 0) is 10.2 Å². The molecule has 4 aromatic rings. The predicted octanol–water partition coefficient (Wildman–Crippen LogP) is 6.10. The van der Waals surface area contributed by atoms with Crippen LogP contribution in [0.25, 0.3) is 5.69 Å². The molecular formula is C31H34N6O4. The van der Waals surface area contributed by atoms with Crippen molar-refractivity contribution in [2.75, 3.05) is 17.2 Å². The Hall–Kier alpha value is -4.99. The monoisotopic (exact) mass is 554 g/mol. The highest BCUT2D eigenvalue weighted by molar-refractivity contribution is 5.99. The summed E-state index contributed by atoms with van der Waals surface area (Å²) in [4.78, 5) is 40.8. The Balaban J connectivity index is 1.48. The molecule has 0 radical (unpaired) electrons. The molecule has 41 heavy (non-hydrogen) atoms. The van der Waals surface area contributed by atoms with E-state index in [-0.39, 0.29) is 17.1 Å². The molecule has 0 fully saturated rings. The second-order valence-electron chi connectivity index (χ2n) is 10.5. The second-order valence-corrected chi connectivity index (χ2v) is 10.5. The van der Waals surface area contributed by atoms with Crippen molar-refractivity contribution in [3.63, 3.8) is 0 Å². The number of nitrogens with one attached hydrogen (secondary N) is 3. The number of aromatic nitrogens is 3. The van der Waals surface area contributed by atoms with Crippen LogP contribution < -0.4 is 20.7 Å². The first kappa shape index (κ1) is 29.0. The molecule has 2 heterocycles. The van der Waals surface area contributed by atoms with E-state index < -0.39 is 6.03 Å². The van der Waals surface area contributed by atoms with E-state index in [9.17, 15) is 14.4 Å². The van der Waals surface area contributed by atoms with Crippen molar-refractivity contribution in [1.82, 2.24) is 20.1 Å². The van der Waals surface area contributed by atoms with E-state index in [0.717, 1.165) is 5.69 Å². The second kappa shape index (κ2) is 12.9. The lowest BCUT2D eigenvalue weighted by Crippen LogP contribution is -2.21. The average Bonchev–Trinajstić information content (AvgIpc) is 3.37. The number of carbonyl (C=O) groups is 3. The van der Waals surface area contributed by atoms with Crippen LogP contribution in [0, 0.1) is 0 Å². The fraction of sp³-hybridized carbons (Fsp3) is 0.258. The number of rotatable bonds is 10. The highest BCUT2D eigenvalue weighted by Crippen LogP contribution is 2.27. The Morgan fingerprint density at radius 1 is 0.902 bits per heavy atom. The van der Waals surface area contributed by atoms with Gasteiger partial charge in [-0.1, -0.05) is 32.9 Å². The number of benzene rings is 2. The first-order chi connectivity index (χ1) is 19.6. The van der Waals surface area contributed by atoms with E-state index in [2.05, 4.69) is 20.9 Å². The number of Topliss-reactive ketones (excluding diaryl/α,β-unsaturated/α-hetero) is 1. The molecule has 0 aliphatic carbocycles. The maximum Gasteiger partial charge on any atom is 0.324 e. The molecule has 3 amide bonds. The Morgan fingerprint density at radius 3 is 2.29 bits per heavy atom. The lowest BCUT2D eigenvalue weighted by molar-refractivity contribution is -0.118. The SMILES string of the molecule is CC(=O)NCCCC(=O)c1cccc(-n2nc(C(C)(C)C)cc2NC(=O)Nc2ccc(Oc3ccncc3)cc2)c1. The molecule has 2 aromatic heterocycles. The van der Waals surface area contributed by atoms with E-state index >= 15 is 0 Å². The van der Waals surface area contributed by atoms with Gasteiger partial charge in [-0.25, -0.2) is 9.48 Å². The molecule has 2 aromatic carbocycles. The van der Waals surface area contributed by atoms with Gasteiger partial charge in [0.15, 0.2) is 5.78 Å². The highest BCUT2D eigenvalue weighted by atomic mass is 16.5. The third-order valence-corrected chi connectivity index (χ3v) is 6.08. The molecule has 10 heteroatoms. The van der Waals surface area contributed by atoms with E-state index in [0.29, 0.717) is 53.6 Å². The van der Waals surface area contributed by atoms with Crippen molar-refractivity contribution in [2.24, 2.45) is 0 Å². The lowest BCUT2D eigenvalue weighted by atomic mass is 9.92. The summed E-state index contributed by atoms with van der Waals surface area (Å²) in [5, 5.41) is 13.2. The van der Waals surface area contributed by atoms with Crippen LogP contribution in [-0.4, -0.2) is 39.0 Å². The number of anilines is 2. The average molecular weight is 555 g/mol. The number of ether oxygens (including phenoxy) is 1. The van der Waals surface area contributed by atoms with E-state index in [1.54, 1.807) is 71.7 Å². The third kappa shape index (κ3) is 8.25. The van der Waals surface area contributed by atoms with Crippen LogP contribution in [0.1, 0.15) is 56.6 Å². The molecule has 4 rings (SSSR count). The molecule has 0 saturated heterocycles. The van der Waals surface area contributed by atoms with E-state index in [1.165, 1.54) is 6.92 Å². The van der Waals surface area contributed by atoms with Gasteiger partial charge in [-0.3, -0.25) is 19.9 Å². The third-order valence-electron chi connectivity index (χ3n) is 6.08.